The zero-order valence-electron chi connectivity index (χ0n) is 16.1. The van der Waals surface area contributed by atoms with Crippen molar-refractivity contribution < 1.29 is 17.6 Å². The lowest BCUT2D eigenvalue weighted by Crippen LogP contribution is -2.37. The van der Waals surface area contributed by atoms with Gasteiger partial charge in [-0.25, -0.2) is 17.8 Å². The summed E-state index contributed by atoms with van der Waals surface area (Å²) in [6.07, 6.45) is 0. The molecule has 2 aromatic carbocycles. The lowest BCUT2D eigenvalue weighted by atomic mass is 10.2. The van der Waals surface area contributed by atoms with E-state index in [-0.39, 0.29) is 12.4 Å². The molecule has 8 heteroatoms. The van der Waals surface area contributed by atoms with Crippen molar-refractivity contribution in [2.45, 2.75) is 25.6 Å². The van der Waals surface area contributed by atoms with Crippen molar-refractivity contribution in [3.63, 3.8) is 0 Å². The molecule has 0 aliphatic carbocycles. The largest absolute Gasteiger partial charge is 0.283 e. The van der Waals surface area contributed by atoms with Crippen LogP contribution in [0.15, 0.2) is 60.0 Å². The van der Waals surface area contributed by atoms with Gasteiger partial charge < -0.3 is 0 Å². The van der Waals surface area contributed by atoms with Crippen LogP contribution in [0, 0.1) is 5.82 Å². The Hall–Kier alpha value is -2.58. The van der Waals surface area contributed by atoms with Gasteiger partial charge in [-0.05, 0) is 43.7 Å². The van der Waals surface area contributed by atoms with Gasteiger partial charge in [0, 0.05) is 10.9 Å². The van der Waals surface area contributed by atoms with Crippen LogP contribution in [0.5, 0.6) is 0 Å². The van der Waals surface area contributed by atoms with E-state index in [9.17, 15) is 17.6 Å². The van der Waals surface area contributed by atoms with Crippen molar-refractivity contribution in [2.75, 3.05) is 10.7 Å². The highest BCUT2D eigenvalue weighted by Gasteiger charge is 2.27. The fraction of sp³-hybridized carbons (Fsp3) is 0.238. The first-order chi connectivity index (χ1) is 13.8. The van der Waals surface area contributed by atoms with Crippen molar-refractivity contribution in [1.82, 2.24) is 4.98 Å². The van der Waals surface area contributed by atoms with E-state index < -0.39 is 26.7 Å². The molecule has 3 rings (SSSR count). The molecule has 0 saturated carbocycles. The molecule has 0 fully saturated rings. The average Bonchev–Trinajstić information content (AvgIpc) is 3.16. The number of anilines is 1. The van der Waals surface area contributed by atoms with Gasteiger partial charge in [0.15, 0.2) is 15.0 Å². The van der Waals surface area contributed by atoms with E-state index in [1.165, 1.54) is 28.4 Å². The van der Waals surface area contributed by atoms with Crippen molar-refractivity contribution in [3.05, 3.63) is 71.4 Å². The molecule has 0 atom stereocenters. The van der Waals surface area contributed by atoms with Gasteiger partial charge in [0.1, 0.15) is 11.6 Å². The van der Waals surface area contributed by atoms with Crippen LogP contribution < -0.4 is 4.90 Å². The van der Waals surface area contributed by atoms with Gasteiger partial charge >= 0.3 is 0 Å². The average molecular weight is 433 g/mol. The maximum Gasteiger partial charge on any atom is 0.244 e. The minimum absolute atomic E-state index is 0.212. The summed E-state index contributed by atoms with van der Waals surface area (Å²) in [5.74, 6) is -1.45. The predicted octanol–water partition coefficient (Wildman–Crippen LogP) is 4.31. The number of sulfone groups is 1. The van der Waals surface area contributed by atoms with Gasteiger partial charge in [-0.1, -0.05) is 30.3 Å². The Bertz CT molecular complexity index is 1080. The van der Waals surface area contributed by atoms with Gasteiger partial charge in [0.05, 0.1) is 17.5 Å². The van der Waals surface area contributed by atoms with Crippen LogP contribution in [0.3, 0.4) is 0 Å². The van der Waals surface area contributed by atoms with Gasteiger partial charge in [0.25, 0.3) is 0 Å². The van der Waals surface area contributed by atoms with Gasteiger partial charge in [-0.3, -0.25) is 9.69 Å². The molecule has 1 heterocycles. The highest BCUT2D eigenvalue weighted by molar-refractivity contribution is 7.92. The zero-order valence-corrected chi connectivity index (χ0v) is 17.7. The number of amides is 1. The van der Waals surface area contributed by atoms with E-state index in [0.717, 1.165) is 11.1 Å². The lowest BCUT2D eigenvalue weighted by molar-refractivity contribution is -0.116. The van der Waals surface area contributed by atoms with Crippen molar-refractivity contribution in [2.24, 2.45) is 0 Å². The lowest BCUT2D eigenvalue weighted by Gasteiger charge is -2.20. The number of carbonyl (C=O) groups excluding carboxylic acids is 1. The first kappa shape index (κ1) is 21.1. The Kier molecular flexibility index (Phi) is 6.44. The van der Waals surface area contributed by atoms with Crippen LogP contribution in [0.4, 0.5) is 9.52 Å². The molecule has 0 saturated heterocycles. The van der Waals surface area contributed by atoms with Crippen LogP contribution in [0.25, 0.3) is 11.3 Å². The molecule has 0 aliphatic rings. The fourth-order valence-electron chi connectivity index (χ4n) is 2.59. The second-order valence-corrected chi connectivity index (χ2v) is 10.2. The molecule has 1 amide bonds. The quantitative estimate of drug-likeness (QED) is 0.558. The molecule has 0 aliphatic heterocycles. The normalized spacial score (nSPS) is 11.6. The number of hydrogen-bond acceptors (Lipinski definition) is 5. The van der Waals surface area contributed by atoms with Crippen molar-refractivity contribution in [1.29, 1.82) is 0 Å². The SMILES string of the molecule is CC(C)S(=O)(=O)CC(=O)N(Cc1ccccc1)c1nc(-c2ccc(F)cc2)cs1. The molecule has 0 radical (unpaired) electrons. The number of halogens is 1. The molecule has 0 unspecified atom stereocenters. The van der Waals surface area contributed by atoms with Gasteiger partial charge in [-0.15, -0.1) is 11.3 Å². The first-order valence-corrected chi connectivity index (χ1v) is 11.6. The van der Waals surface area contributed by atoms with Gasteiger partial charge in [0.2, 0.25) is 5.91 Å². The van der Waals surface area contributed by atoms with E-state index >= 15 is 0 Å². The third-order valence-corrected chi connectivity index (χ3v) is 7.34. The summed E-state index contributed by atoms with van der Waals surface area (Å²) in [6, 6.07) is 15.2. The van der Waals surface area contributed by atoms with E-state index in [1.807, 2.05) is 30.3 Å². The third kappa shape index (κ3) is 5.27. The summed E-state index contributed by atoms with van der Waals surface area (Å²) in [5.41, 5.74) is 2.18. The minimum atomic E-state index is -3.55. The maximum atomic E-state index is 13.2. The summed E-state index contributed by atoms with van der Waals surface area (Å²) >= 11 is 1.24. The molecule has 0 bridgehead atoms. The molecule has 152 valence electrons. The molecular formula is C21H21FN2O3S2. The fourth-order valence-corrected chi connectivity index (χ4v) is 4.27. The molecule has 0 N–H and O–H groups in total. The maximum absolute atomic E-state index is 13.2. The minimum Gasteiger partial charge on any atom is -0.283 e. The summed E-state index contributed by atoms with van der Waals surface area (Å²) in [5, 5.41) is 1.53. The predicted molar refractivity (Wildman–Crippen MR) is 114 cm³/mol. The number of rotatable bonds is 7. The summed E-state index contributed by atoms with van der Waals surface area (Å²) in [7, 11) is -3.55. The summed E-state index contributed by atoms with van der Waals surface area (Å²) < 4.78 is 37.8. The molecular weight excluding hydrogens is 411 g/mol. The standard InChI is InChI=1S/C21H21FN2O3S2/c1-15(2)29(26,27)14-20(25)24(12-16-6-4-3-5-7-16)21-23-19(13-28-21)17-8-10-18(22)11-9-17/h3-11,13,15H,12,14H2,1-2H3. The Balaban J connectivity index is 1.92. The topological polar surface area (TPSA) is 67.3 Å². The first-order valence-electron chi connectivity index (χ1n) is 9.03. The van der Waals surface area contributed by atoms with Crippen LogP contribution >= 0.6 is 11.3 Å². The van der Waals surface area contributed by atoms with Crippen LogP contribution in [-0.2, 0) is 21.2 Å². The highest BCUT2D eigenvalue weighted by Crippen LogP contribution is 2.29. The van der Waals surface area contributed by atoms with Crippen molar-refractivity contribution >= 4 is 32.2 Å². The van der Waals surface area contributed by atoms with Crippen molar-refractivity contribution in [3.8, 4) is 11.3 Å². The van der Waals surface area contributed by atoms with Crippen LogP contribution in [-0.4, -0.2) is 30.3 Å². The number of carbonyl (C=O) groups is 1. The monoisotopic (exact) mass is 432 g/mol. The smallest absolute Gasteiger partial charge is 0.244 e. The molecule has 1 aromatic heterocycles. The Labute approximate surface area is 173 Å². The van der Waals surface area contributed by atoms with Crippen LogP contribution in [0.2, 0.25) is 0 Å². The Morgan fingerprint density at radius 3 is 2.38 bits per heavy atom. The van der Waals surface area contributed by atoms with Crippen LogP contribution in [0.1, 0.15) is 19.4 Å². The second kappa shape index (κ2) is 8.84. The van der Waals surface area contributed by atoms with E-state index in [0.29, 0.717) is 10.8 Å². The summed E-state index contributed by atoms with van der Waals surface area (Å²) in [4.78, 5) is 18.8. The van der Waals surface area contributed by atoms with E-state index in [1.54, 1.807) is 31.4 Å². The Morgan fingerprint density at radius 1 is 1.10 bits per heavy atom. The third-order valence-electron chi connectivity index (χ3n) is 4.39. The zero-order chi connectivity index (χ0) is 21.0. The second-order valence-electron chi connectivity index (χ2n) is 6.84. The number of hydrogen-bond donors (Lipinski definition) is 0. The molecule has 0 spiro atoms. The number of benzene rings is 2. The molecule has 29 heavy (non-hydrogen) atoms. The number of thiazole rings is 1. The van der Waals surface area contributed by atoms with E-state index in [2.05, 4.69) is 4.98 Å². The molecule has 3 aromatic rings. The Morgan fingerprint density at radius 2 is 1.76 bits per heavy atom. The number of aromatic nitrogens is 1. The van der Waals surface area contributed by atoms with Gasteiger partial charge in [-0.2, -0.15) is 0 Å². The van der Waals surface area contributed by atoms with E-state index in [4.69, 9.17) is 0 Å². The number of nitrogens with zero attached hydrogens (tertiary/aromatic N) is 2. The molecule has 5 nitrogen and oxygen atoms in total. The summed E-state index contributed by atoms with van der Waals surface area (Å²) in [6.45, 7) is 3.32. The highest BCUT2D eigenvalue weighted by atomic mass is 32.2.